The van der Waals surface area contributed by atoms with Gasteiger partial charge in [-0.05, 0) is 37.8 Å². The van der Waals surface area contributed by atoms with Crippen molar-refractivity contribution in [2.45, 2.75) is 48.0 Å². The molecular formula is C15H19N5S. The van der Waals surface area contributed by atoms with E-state index in [-0.39, 0.29) is 5.25 Å². The lowest BCUT2D eigenvalue weighted by atomic mass is 10.3. The Balaban J connectivity index is 1.61. The van der Waals surface area contributed by atoms with Crippen molar-refractivity contribution < 1.29 is 0 Å². The van der Waals surface area contributed by atoms with Crippen molar-refractivity contribution in [2.75, 3.05) is 6.54 Å². The lowest BCUT2D eigenvalue weighted by molar-refractivity contribution is 0.625. The van der Waals surface area contributed by atoms with Gasteiger partial charge in [0.15, 0.2) is 5.16 Å². The van der Waals surface area contributed by atoms with Gasteiger partial charge in [0.25, 0.3) is 0 Å². The zero-order chi connectivity index (χ0) is 14.2. The molecule has 0 radical (unpaired) electrons. The summed E-state index contributed by atoms with van der Waals surface area (Å²) in [6, 6.07) is 6.58. The molecular weight excluding hydrogens is 282 g/mol. The van der Waals surface area contributed by atoms with Crippen LogP contribution in [0.25, 0.3) is 0 Å². The summed E-state index contributed by atoms with van der Waals surface area (Å²) in [6.07, 6.45) is 6.84. The smallest absolute Gasteiger partial charge is 0.192 e. The van der Waals surface area contributed by atoms with Crippen LogP contribution in [0.3, 0.4) is 0 Å². The van der Waals surface area contributed by atoms with E-state index in [1.807, 2.05) is 24.4 Å². The highest BCUT2D eigenvalue weighted by Gasteiger charge is 2.36. The summed E-state index contributed by atoms with van der Waals surface area (Å²) in [7, 11) is 0. The second-order valence-electron chi connectivity index (χ2n) is 5.81. The van der Waals surface area contributed by atoms with Crippen LogP contribution in [0.15, 0.2) is 29.6 Å². The number of nitrogens with two attached hydrogens (primary N) is 1. The van der Waals surface area contributed by atoms with E-state index < -0.39 is 0 Å². The van der Waals surface area contributed by atoms with E-state index in [0.717, 1.165) is 10.9 Å². The van der Waals surface area contributed by atoms with Crippen LogP contribution in [0, 0.1) is 0 Å². The molecule has 2 aromatic heterocycles. The first-order chi connectivity index (χ1) is 10.4. The molecule has 2 aliphatic rings. The van der Waals surface area contributed by atoms with Crippen molar-refractivity contribution in [3.8, 4) is 0 Å². The van der Waals surface area contributed by atoms with Crippen LogP contribution in [-0.4, -0.2) is 26.3 Å². The minimum absolute atomic E-state index is 0.139. The molecule has 0 aliphatic heterocycles. The lowest BCUT2D eigenvalue weighted by Crippen LogP contribution is -2.12. The highest BCUT2D eigenvalue weighted by Crippen LogP contribution is 2.47. The van der Waals surface area contributed by atoms with Crippen molar-refractivity contribution in [3.05, 3.63) is 35.9 Å². The summed E-state index contributed by atoms with van der Waals surface area (Å²) in [5, 5.41) is 10.0. The van der Waals surface area contributed by atoms with E-state index >= 15 is 0 Å². The predicted molar refractivity (Wildman–Crippen MR) is 82.2 cm³/mol. The molecule has 21 heavy (non-hydrogen) atoms. The Labute approximate surface area is 128 Å². The quantitative estimate of drug-likeness (QED) is 0.831. The third-order valence-electron chi connectivity index (χ3n) is 4.02. The van der Waals surface area contributed by atoms with Gasteiger partial charge in [0.1, 0.15) is 5.82 Å². The Kier molecular flexibility index (Phi) is 3.43. The second-order valence-corrected chi connectivity index (χ2v) is 6.98. The van der Waals surface area contributed by atoms with Gasteiger partial charge in [-0.15, -0.1) is 10.2 Å². The van der Waals surface area contributed by atoms with Gasteiger partial charge in [0.05, 0.1) is 10.9 Å². The molecule has 5 nitrogen and oxygen atoms in total. The summed E-state index contributed by atoms with van der Waals surface area (Å²) >= 11 is 1.70. The van der Waals surface area contributed by atoms with Crippen molar-refractivity contribution >= 4 is 11.8 Å². The molecule has 2 N–H and O–H groups in total. The summed E-state index contributed by atoms with van der Waals surface area (Å²) in [4.78, 5) is 4.43. The van der Waals surface area contributed by atoms with E-state index in [9.17, 15) is 0 Å². The minimum Gasteiger partial charge on any atom is -0.329 e. The van der Waals surface area contributed by atoms with Crippen LogP contribution in [0.5, 0.6) is 0 Å². The van der Waals surface area contributed by atoms with Crippen LogP contribution in [-0.2, 0) is 0 Å². The fourth-order valence-electron chi connectivity index (χ4n) is 2.59. The van der Waals surface area contributed by atoms with E-state index in [0.29, 0.717) is 18.5 Å². The van der Waals surface area contributed by atoms with Crippen LogP contribution in [0.4, 0.5) is 0 Å². The third-order valence-corrected chi connectivity index (χ3v) is 5.23. The summed E-state index contributed by atoms with van der Waals surface area (Å²) in [5.74, 6) is 1.83. The normalized spacial score (nSPS) is 19.7. The molecule has 110 valence electrons. The molecule has 0 spiro atoms. The lowest BCUT2D eigenvalue weighted by Gasteiger charge is -2.14. The van der Waals surface area contributed by atoms with Crippen LogP contribution >= 0.6 is 11.8 Å². The SMILES string of the molecule is NCC(Sc1nnc(C2CC2)n1C1CC1)c1ccccn1. The maximum absolute atomic E-state index is 5.96. The Morgan fingerprint density at radius 3 is 2.71 bits per heavy atom. The molecule has 4 rings (SSSR count). The number of rotatable bonds is 6. The van der Waals surface area contributed by atoms with Gasteiger partial charge in [-0.2, -0.15) is 0 Å². The molecule has 2 aromatic rings. The summed E-state index contributed by atoms with van der Waals surface area (Å²) in [6.45, 7) is 0.554. The number of aromatic nitrogens is 4. The first-order valence-corrected chi connectivity index (χ1v) is 8.47. The summed E-state index contributed by atoms with van der Waals surface area (Å²) < 4.78 is 2.37. The highest BCUT2D eigenvalue weighted by atomic mass is 32.2. The van der Waals surface area contributed by atoms with Gasteiger partial charge in [-0.1, -0.05) is 17.8 Å². The van der Waals surface area contributed by atoms with Gasteiger partial charge < -0.3 is 10.3 Å². The Morgan fingerprint density at radius 2 is 2.10 bits per heavy atom. The molecule has 6 heteroatoms. The Morgan fingerprint density at radius 1 is 1.24 bits per heavy atom. The maximum atomic E-state index is 5.96. The van der Waals surface area contributed by atoms with Crippen molar-refractivity contribution in [1.29, 1.82) is 0 Å². The average molecular weight is 301 g/mol. The van der Waals surface area contributed by atoms with Crippen molar-refractivity contribution in [2.24, 2.45) is 5.73 Å². The predicted octanol–water partition coefficient (Wildman–Crippen LogP) is 2.68. The highest BCUT2D eigenvalue weighted by molar-refractivity contribution is 7.99. The molecule has 2 saturated carbocycles. The number of thioether (sulfide) groups is 1. The van der Waals surface area contributed by atoms with E-state index in [1.54, 1.807) is 11.8 Å². The monoisotopic (exact) mass is 301 g/mol. The van der Waals surface area contributed by atoms with Crippen molar-refractivity contribution in [3.63, 3.8) is 0 Å². The fourth-order valence-corrected chi connectivity index (χ4v) is 3.64. The van der Waals surface area contributed by atoms with Crippen LogP contribution in [0.1, 0.15) is 54.4 Å². The van der Waals surface area contributed by atoms with E-state index in [4.69, 9.17) is 5.73 Å². The van der Waals surface area contributed by atoms with Crippen LogP contribution in [0.2, 0.25) is 0 Å². The molecule has 0 saturated heterocycles. The molecule has 0 aromatic carbocycles. The standard InChI is InChI=1S/C15H19N5S/c16-9-13(12-3-1-2-8-17-12)21-15-19-18-14(10-4-5-10)20(15)11-6-7-11/h1-3,8,10-11,13H,4-7,9,16H2. The molecule has 1 unspecified atom stereocenters. The molecule has 1 atom stereocenters. The Bertz CT molecular complexity index is 618. The molecule has 2 fully saturated rings. The topological polar surface area (TPSA) is 69.6 Å². The summed E-state index contributed by atoms with van der Waals surface area (Å²) in [5.41, 5.74) is 6.97. The Hall–Kier alpha value is -1.40. The maximum Gasteiger partial charge on any atom is 0.192 e. The number of pyridine rings is 1. The first kappa shape index (κ1) is 13.3. The van der Waals surface area contributed by atoms with Gasteiger partial charge >= 0.3 is 0 Å². The van der Waals surface area contributed by atoms with Gasteiger partial charge in [-0.3, -0.25) is 4.98 Å². The molecule has 2 heterocycles. The number of hydrogen-bond donors (Lipinski definition) is 1. The second kappa shape index (κ2) is 5.42. The molecule has 0 bridgehead atoms. The first-order valence-electron chi connectivity index (χ1n) is 7.59. The largest absolute Gasteiger partial charge is 0.329 e. The average Bonchev–Trinajstić information content (AvgIpc) is 3.44. The number of nitrogens with zero attached hydrogens (tertiary/aromatic N) is 4. The van der Waals surface area contributed by atoms with Crippen molar-refractivity contribution in [1.82, 2.24) is 19.7 Å². The molecule has 2 aliphatic carbocycles. The number of hydrogen-bond acceptors (Lipinski definition) is 5. The fraction of sp³-hybridized carbons (Fsp3) is 0.533. The third kappa shape index (κ3) is 2.70. The van der Waals surface area contributed by atoms with Crippen LogP contribution < -0.4 is 5.73 Å². The van der Waals surface area contributed by atoms with Gasteiger partial charge in [0, 0.05) is 24.7 Å². The van der Waals surface area contributed by atoms with E-state index in [1.165, 1.54) is 31.5 Å². The zero-order valence-electron chi connectivity index (χ0n) is 11.9. The van der Waals surface area contributed by atoms with E-state index in [2.05, 4.69) is 19.7 Å². The van der Waals surface area contributed by atoms with Gasteiger partial charge in [0.2, 0.25) is 0 Å². The molecule has 0 amide bonds. The van der Waals surface area contributed by atoms with Gasteiger partial charge in [-0.25, -0.2) is 0 Å². The minimum atomic E-state index is 0.139. The zero-order valence-corrected chi connectivity index (χ0v) is 12.7.